The van der Waals surface area contributed by atoms with Crippen LogP contribution in [0.4, 0.5) is 5.82 Å². The summed E-state index contributed by atoms with van der Waals surface area (Å²) in [6, 6.07) is 3.43. The van der Waals surface area contributed by atoms with Crippen molar-refractivity contribution >= 4 is 41.8 Å². The summed E-state index contributed by atoms with van der Waals surface area (Å²) in [5.74, 6) is -0.332. The Morgan fingerprint density at radius 2 is 2.15 bits per heavy atom. The molecule has 2 radical (unpaired) electrons. The molecule has 0 aliphatic heterocycles. The monoisotopic (exact) mass is 287 g/mol. The van der Waals surface area contributed by atoms with Crippen LogP contribution < -0.4 is 16.2 Å². The number of halogens is 1. The molecule has 0 saturated carbocycles. The van der Waals surface area contributed by atoms with Crippen molar-refractivity contribution in [3.05, 3.63) is 23.4 Å². The van der Waals surface area contributed by atoms with Gasteiger partial charge in [0.25, 0.3) is 5.88 Å². The van der Waals surface area contributed by atoms with Gasteiger partial charge in [-0.1, -0.05) is 11.6 Å². The van der Waals surface area contributed by atoms with E-state index in [2.05, 4.69) is 25.1 Å². The maximum atomic E-state index is 8.71. The number of fused-ring (bicyclic) bond motifs is 1. The van der Waals surface area contributed by atoms with Gasteiger partial charge in [-0.15, -0.1) is 0 Å². The Bertz CT molecular complexity index is 807. The van der Waals surface area contributed by atoms with Crippen LogP contribution in [-0.2, 0) is 0 Å². The zero-order valence-corrected chi connectivity index (χ0v) is 10.7. The van der Waals surface area contributed by atoms with Gasteiger partial charge in [-0.2, -0.15) is 5.10 Å². The van der Waals surface area contributed by atoms with E-state index in [9.17, 15) is 0 Å². The van der Waals surface area contributed by atoms with Gasteiger partial charge in [0, 0.05) is 16.5 Å². The standard InChI is InChI=1S/C11H7BClN5O2/c12-9-8(16-11(20-19)10(14)17-9)4-1-5-3-15-18-7(5)6(13)2-4/h1-3,19H,(H2,14,17)(H,15,18). The van der Waals surface area contributed by atoms with E-state index in [0.29, 0.717) is 21.8 Å². The molecule has 0 aliphatic rings. The van der Waals surface area contributed by atoms with Crippen LogP contribution in [0, 0.1) is 0 Å². The number of nitrogens with zero attached hydrogens (tertiary/aromatic N) is 3. The molecule has 4 N–H and O–H groups in total. The van der Waals surface area contributed by atoms with Crippen molar-refractivity contribution in [1.82, 2.24) is 20.2 Å². The largest absolute Gasteiger partial charge is 0.379 e. The van der Waals surface area contributed by atoms with E-state index in [4.69, 9.17) is 30.4 Å². The highest BCUT2D eigenvalue weighted by Gasteiger charge is 2.14. The number of hydrogen-bond acceptors (Lipinski definition) is 6. The number of nitrogens with two attached hydrogens (primary N) is 1. The van der Waals surface area contributed by atoms with Crippen LogP contribution >= 0.6 is 11.6 Å². The van der Waals surface area contributed by atoms with Crippen molar-refractivity contribution in [3.63, 3.8) is 0 Å². The molecule has 9 heteroatoms. The number of hydrogen-bond donors (Lipinski definition) is 3. The predicted octanol–water partition coefficient (Wildman–Crippen LogP) is 0.901. The van der Waals surface area contributed by atoms with Crippen molar-refractivity contribution in [2.24, 2.45) is 0 Å². The van der Waals surface area contributed by atoms with Crippen molar-refractivity contribution < 1.29 is 10.1 Å². The Kier molecular flexibility index (Phi) is 2.96. The summed E-state index contributed by atoms with van der Waals surface area (Å²) in [4.78, 5) is 11.9. The van der Waals surface area contributed by atoms with Gasteiger partial charge in [0.2, 0.25) is 0 Å². The first-order valence-corrected chi connectivity index (χ1v) is 5.85. The van der Waals surface area contributed by atoms with Crippen LogP contribution in [0.5, 0.6) is 5.88 Å². The van der Waals surface area contributed by atoms with Gasteiger partial charge in [0.15, 0.2) is 5.82 Å². The van der Waals surface area contributed by atoms with Crippen LogP contribution in [0.1, 0.15) is 0 Å². The lowest BCUT2D eigenvalue weighted by atomic mass is 9.96. The Morgan fingerprint density at radius 3 is 2.90 bits per heavy atom. The van der Waals surface area contributed by atoms with Gasteiger partial charge in [-0.25, -0.2) is 15.2 Å². The molecular weight excluding hydrogens is 280 g/mol. The third-order valence-electron chi connectivity index (χ3n) is 2.78. The van der Waals surface area contributed by atoms with Crippen LogP contribution in [0.2, 0.25) is 5.02 Å². The summed E-state index contributed by atoms with van der Waals surface area (Å²) < 4.78 is 0. The van der Waals surface area contributed by atoms with E-state index in [1.54, 1.807) is 18.3 Å². The fourth-order valence-electron chi connectivity index (χ4n) is 1.88. The van der Waals surface area contributed by atoms with Crippen LogP contribution in [-0.4, -0.2) is 33.3 Å². The molecular formula is C11H7BClN5O2. The minimum atomic E-state index is -0.224. The molecule has 1 aromatic carbocycles. The lowest BCUT2D eigenvalue weighted by Gasteiger charge is -2.09. The lowest BCUT2D eigenvalue weighted by Crippen LogP contribution is -2.17. The molecule has 0 atom stereocenters. The number of anilines is 1. The molecule has 0 spiro atoms. The fourth-order valence-corrected chi connectivity index (χ4v) is 2.15. The van der Waals surface area contributed by atoms with Gasteiger partial charge in [0.05, 0.1) is 22.4 Å². The Balaban J connectivity index is 2.24. The minimum Gasteiger partial charge on any atom is -0.379 e. The maximum absolute atomic E-state index is 8.71. The summed E-state index contributed by atoms with van der Waals surface area (Å²) in [7, 11) is 5.79. The average Bonchev–Trinajstić information content (AvgIpc) is 2.87. The molecule has 3 aromatic rings. The highest BCUT2D eigenvalue weighted by Crippen LogP contribution is 2.29. The number of rotatable bonds is 2. The first kappa shape index (κ1) is 12.7. The number of nitrogen functional groups attached to an aromatic ring is 1. The molecule has 0 saturated heterocycles. The second kappa shape index (κ2) is 4.66. The highest BCUT2D eigenvalue weighted by atomic mass is 35.5. The molecule has 2 heterocycles. The van der Waals surface area contributed by atoms with E-state index in [0.717, 1.165) is 5.39 Å². The third-order valence-corrected chi connectivity index (χ3v) is 3.07. The van der Waals surface area contributed by atoms with Gasteiger partial charge in [-0.05, 0) is 12.1 Å². The normalized spacial score (nSPS) is 10.9. The van der Waals surface area contributed by atoms with Gasteiger partial charge in [-0.3, -0.25) is 5.10 Å². The molecule has 20 heavy (non-hydrogen) atoms. The van der Waals surface area contributed by atoms with E-state index >= 15 is 0 Å². The fraction of sp³-hybridized carbons (Fsp3) is 0. The Labute approximate surface area is 119 Å². The quantitative estimate of drug-likeness (QED) is 0.367. The smallest absolute Gasteiger partial charge is 0.298 e. The van der Waals surface area contributed by atoms with E-state index in [-0.39, 0.29) is 17.3 Å². The Morgan fingerprint density at radius 1 is 1.35 bits per heavy atom. The lowest BCUT2D eigenvalue weighted by molar-refractivity contribution is -0.141. The van der Waals surface area contributed by atoms with Gasteiger partial charge in [0.1, 0.15) is 7.85 Å². The average molecular weight is 287 g/mol. The third kappa shape index (κ3) is 1.95. The predicted molar refractivity (Wildman–Crippen MR) is 75.2 cm³/mol. The van der Waals surface area contributed by atoms with Crippen molar-refractivity contribution in [1.29, 1.82) is 0 Å². The first-order valence-electron chi connectivity index (χ1n) is 5.47. The topological polar surface area (TPSA) is 110 Å². The van der Waals surface area contributed by atoms with Crippen LogP contribution in [0.25, 0.3) is 22.2 Å². The molecule has 0 fully saturated rings. The second-order valence-corrected chi connectivity index (χ2v) is 4.44. The zero-order chi connectivity index (χ0) is 14.3. The first-order chi connectivity index (χ1) is 9.60. The summed E-state index contributed by atoms with van der Waals surface area (Å²) in [6.45, 7) is 0. The number of H-pyrrole nitrogens is 1. The summed E-state index contributed by atoms with van der Waals surface area (Å²) in [5.41, 5.74) is 7.21. The van der Waals surface area contributed by atoms with Crippen molar-refractivity contribution in [2.75, 3.05) is 5.73 Å². The second-order valence-electron chi connectivity index (χ2n) is 4.03. The van der Waals surface area contributed by atoms with Crippen LogP contribution in [0.3, 0.4) is 0 Å². The molecule has 7 nitrogen and oxygen atoms in total. The molecule has 0 amide bonds. The Hall–Kier alpha value is -2.32. The highest BCUT2D eigenvalue weighted by molar-refractivity contribution is 6.36. The molecule has 2 aromatic heterocycles. The molecule has 3 rings (SSSR count). The van der Waals surface area contributed by atoms with Crippen LogP contribution in [0.15, 0.2) is 18.3 Å². The van der Waals surface area contributed by atoms with E-state index in [1.807, 2.05) is 0 Å². The minimum absolute atomic E-state index is 0.0993. The molecule has 0 aliphatic carbocycles. The summed E-state index contributed by atoms with van der Waals surface area (Å²) in [6.07, 6.45) is 1.62. The summed E-state index contributed by atoms with van der Waals surface area (Å²) >= 11 is 6.15. The number of nitrogens with one attached hydrogen (secondary N) is 1. The molecule has 0 bridgehead atoms. The van der Waals surface area contributed by atoms with Gasteiger partial charge >= 0.3 is 0 Å². The molecule has 0 unspecified atom stereocenters. The number of aromatic nitrogens is 4. The maximum Gasteiger partial charge on any atom is 0.298 e. The van der Waals surface area contributed by atoms with Crippen molar-refractivity contribution in [3.8, 4) is 17.1 Å². The zero-order valence-electron chi connectivity index (χ0n) is 9.96. The summed E-state index contributed by atoms with van der Waals surface area (Å²) in [5, 5.41) is 16.6. The van der Waals surface area contributed by atoms with E-state index < -0.39 is 0 Å². The van der Waals surface area contributed by atoms with E-state index in [1.165, 1.54) is 0 Å². The van der Waals surface area contributed by atoms with Gasteiger partial charge < -0.3 is 10.6 Å². The SMILES string of the molecule is [B]c1nc(N)c(OO)nc1-c1cc(Cl)c2[nH]ncc2c1. The molecule has 98 valence electrons. The number of benzene rings is 1. The number of aromatic amines is 1. The van der Waals surface area contributed by atoms with Crippen molar-refractivity contribution in [2.45, 2.75) is 0 Å².